The second-order valence-corrected chi connectivity index (χ2v) is 7.61. The van der Waals surface area contributed by atoms with Crippen molar-refractivity contribution in [1.29, 1.82) is 0 Å². The molecule has 0 spiro atoms. The van der Waals surface area contributed by atoms with Crippen molar-refractivity contribution >= 4 is 44.7 Å². The van der Waals surface area contributed by atoms with Gasteiger partial charge in [0.05, 0.1) is 12.2 Å². The Morgan fingerprint density at radius 1 is 1.28 bits per heavy atom. The first-order chi connectivity index (χ1) is 12.0. The summed E-state index contributed by atoms with van der Waals surface area (Å²) in [7, 11) is 1.99. The summed E-state index contributed by atoms with van der Waals surface area (Å²) in [6, 6.07) is 7.37. The number of likely N-dealkylation sites (N-methyl/N-ethyl adjacent to an activating group) is 1. The smallest absolute Gasteiger partial charge is 0.291 e. The van der Waals surface area contributed by atoms with Crippen molar-refractivity contribution in [3.63, 3.8) is 0 Å². The Kier molecular flexibility index (Phi) is 5.40. The zero-order valence-electron chi connectivity index (χ0n) is 13.8. The number of carbonyl (C=O) groups excluding carboxylic acids is 2. The minimum atomic E-state index is -0.337. The van der Waals surface area contributed by atoms with E-state index in [-0.39, 0.29) is 10.4 Å². The van der Waals surface area contributed by atoms with Crippen LogP contribution in [0.5, 0.6) is 5.75 Å². The number of anilines is 1. The summed E-state index contributed by atoms with van der Waals surface area (Å²) >= 11 is 2.33. The molecule has 0 saturated carbocycles. The number of carbonyl (C=O) groups is 2. The molecule has 25 heavy (non-hydrogen) atoms. The van der Waals surface area contributed by atoms with Crippen LogP contribution in [0.2, 0.25) is 0 Å². The molecule has 1 aliphatic rings. The number of aryl methyl sites for hydroxylation is 1. The van der Waals surface area contributed by atoms with Crippen LogP contribution in [0.1, 0.15) is 10.4 Å². The van der Waals surface area contributed by atoms with Gasteiger partial charge < -0.3 is 15.0 Å². The molecular formula is C17H17N3O3S2. The fourth-order valence-electron chi connectivity index (χ4n) is 2.16. The molecule has 0 atom stereocenters. The van der Waals surface area contributed by atoms with Gasteiger partial charge in [-0.05, 0) is 30.7 Å². The number of benzene rings is 1. The van der Waals surface area contributed by atoms with Crippen molar-refractivity contribution in [1.82, 2.24) is 10.3 Å². The maximum absolute atomic E-state index is 11.6. The molecule has 1 amide bonds. The van der Waals surface area contributed by atoms with Gasteiger partial charge in [0.25, 0.3) is 5.24 Å². The van der Waals surface area contributed by atoms with E-state index >= 15 is 0 Å². The van der Waals surface area contributed by atoms with E-state index in [1.807, 2.05) is 44.4 Å². The summed E-state index contributed by atoms with van der Waals surface area (Å²) in [4.78, 5) is 30.3. The molecule has 2 heterocycles. The molecule has 0 aliphatic carbocycles. The van der Waals surface area contributed by atoms with Gasteiger partial charge in [0, 0.05) is 29.9 Å². The summed E-state index contributed by atoms with van der Waals surface area (Å²) in [5, 5.41) is 2.90. The van der Waals surface area contributed by atoms with Gasteiger partial charge in [0.15, 0.2) is 5.13 Å². The standard InChI is InChI=1S/C17H17N3O3S2/c1-11-10-18-16(24-11)20(2)7-8-23-13-5-3-12(4-6-13)9-14-15(21)25-17(22)19-14/h3-6,9-10H,7-8H2,1-2H3,(H,19,22). The highest BCUT2D eigenvalue weighted by Crippen LogP contribution is 2.22. The lowest BCUT2D eigenvalue weighted by Gasteiger charge is -2.16. The first-order valence-electron chi connectivity index (χ1n) is 7.62. The van der Waals surface area contributed by atoms with E-state index in [1.165, 1.54) is 4.88 Å². The highest BCUT2D eigenvalue weighted by atomic mass is 32.2. The third-order valence-corrected chi connectivity index (χ3v) is 5.18. The number of hydrogen-bond acceptors (Lipinski definition) is 7. The summed E-state index contributed by atoms with van der Waals surface area (Å²) in [5.41, 5.74) is 1.14. The molecule has 1 N–H and O–H groups in total. The zero-order valence-corrected chi connectivity index (χ0v) is 15.4. The largest absolute Gasteiger partial charge is 0.492 e. The minimum Gasteiger partial charge on any atom is -0.492 e. The van der Waals surface area contributed by atoms with Crippen molar-refractivity contribution < 1.29 is 14.3 Å². The summed E-state index contributed by atoms with van der Waals surface area (Å²) in [6.07, 6.45) is 3.52. The predicted octanol–water partition coefficient (Wildman–Crippen LogP) is 3.29. The summed E-state index contributed by atoms with van der Waals surface area (Å²) in [6.45, 7) is 3.31. The molecule has 6 nitrogen and oxygen atoms in total. The number of rotatable bonds is 6. The summed E-state index contributed by atoms with van der Waals surface area (Å²) < 4.78 is 5.74. The van der Waals surface area contributed by atoms with Crippen molar-refractivity contribution in [3.05, 3.63) is 46.6 Å². The Labute approximate surface area is 153 Å². The first-order valence-corrected chi connectivity index (χ1v) is 9.26. The number of nitrogens with zero attached hydrogens (tertiary/aromatic N) is 2. The topological polar surface area (TPSA) is 71.5 Å². The van der Waals surface area contributed by atoms with Crippen LogP contribution in [0.3, 0.4) is 0 Å². The monoisotopic (exact) mass is 375 g/mol. The van der Waals surface area contributed by atoms with E-state index in [9.17, 15) is 9.59 Å². The molecule has 2 aromatic rings. The van der Waals surface area contributed by atoms with Crippen molar-refractivity contribution in [2.24, 2.45) is 0 Å². The number of amides is 1. The maximum Gasteiger partial charge on any atom is 0.291 e. The quantitative estimate of drug-likeness (QED) is 0.781. The molecule has 8 heteroatoms. The van der Waals surface area contributed by atoms with E-state index < -0.39 is 0 Å². The van der Waals surface area contributed by atoms with Gasteiger partial charge in [0.2, 0.25) is 5.12 Å². The van der Waals surface area contributed by atoms with Crippen molar-refractivity contribution in [2.75, 3.05) is 25.1 Å². The van der Waals surface area contributed by atoms with E-state index in [0.717, 1.165) is 23.0 Å². The lowest BCUT2D eigenvalue weighted by molar-refractivity contribution is -0.107. The lowest BCUT2D eigenvalue weighted by Crippen LogP contribution is -2.23. The number of nitrogens with one attached hydrogen (secondary N) is 1. The SMILES string of the molecule is Cc1cnc(N(C)CCOc2ccc(C=C3NC(=O)SC3=O)cc2)s1. The van der Waals surface area contributed by atoms with E-state index in [1.54, 1.807) is 17.4 Å². The Morgan fingerprint density at radius 2 is 2.04 bits per heavy atom. The molecule has 3 rings (SSSR count). The van der Waals surface area contributed by atoms with E-state index in [0.29, 0.717) is 24.1 Å². The zero-order chi connectivity index (χ0) is 17.8. The van der Waals surface area contributed by atoms with Gasteiger partial charge in [-0.25, -0.2) is 4.98 Å². The maximum atomic E-state index is 11.6. The summed E-state index contributed by atoms with van der Waals surface area (Å²) in [5.74, 6) is 0.752. The predicted molar refractivity (Wildman–Crippen MR) is 101 cm³/mol. The molecule has 0 bridgehead atoms. The van der Waals surface area contributed by atoms with Crippen LogP contribution in [-0.2, 0) is 4.79 Å². The molecule has 1 saturated heterocycles. The molecule has 1 aromatic carbocycles. The van der Waals surface area contributed by atoms with Crippen molar-refractivity contribution in [3.8, 4) is 5.75 Å². The average molecular weight is 375 g/mol. The molecule has 0 unspecified atom stereocenters. The second-order valence-electron chi connectivity index (χ2n) is 5.45. The molecular weight excluding hydrogens is 358 g/mol. The average Bonchev–Trinajstić information content (AvgIpc) is 3.14. The fourth-order valence-corrected chi connectivity index (χ4v) is 3.46. The second kappa shape index (κ2) is 7.71. The Hall–Kier alpha value is -2.32. The number of thiazole rings is 1. The van der Waals surface area contributed by atoms with Crippen LogP contribution in [0.25, 0.3) is 6.08 Å². The Morgan fingerprint density at radius 3 is 2.64 bits per heavy atom. The molecule has 1 aliphatic heterocycles. The van der Waals surface area contributed by atoms with Crippen LogP contribution in [0.4, 0.5) is 9.93 Å². The van der Waals surface area contributed by atoms with Crippen LogP contribution < -0.4 is 15.0 Å². The minimum absolute atomic E-state index is 0.259. The molecule has 1 aromatic heterocycles. The number of hydrogen-bond donors (Lipinski definition) is 1. The normalized spacial score (nSPS) is 15.5. The van der Waals surface area contributed by atoms with Crippen LogP contribution in [-0.4, -0.2) is 35.5 Å². The van der Waals surface area contributed by atoms with Crippen LogP contribution >= 0.6 is 23.1 Å². The molecule has 0 radical (unpaired) electrons. The third kappa shape index (κ3) is 4.61. The number of thioether (sulfide) groups is 1. The fraction of sp³-hybridized carbons (Fsp3) is 0.235. The number of ether oxygens (including phenoxy) is 1. The molecule has 130 valence electrons. The highest BCUT2D eigenvalue weighted by molar-refractivity contribution is 8.27. The van der Waals surface area contributed by atoms with Crippen LogP contribution in [0, 0.1) is 6.92 Å². The van der Waals surface area contributed by atoms with Crippen molar-refractivity contribution in [2.45, 2.75) is 6.92 Å². The Balaban J connectivity index is 1.52. The Bertz CT molecular complexity index is 815. The number of aromatic nitrogens is 1. The molecule has 1 fully saturated rings. The van der Waals surface area contributed by atoms with Gasteiger partial charge in [-0.3, -0.25) is 9.59 Å². The van der Waals surface area contributed by atoms with Gasteiger partial charge in [-0.15, -0.1) is 11.3 Å². The van der Waals surface area contributed by atoms with Gasteiger partial charge >= 0.3 is 0 Å². The van der Waals surface area contributed by atoms with Gasteiger partial charge in [-0.1, -0.05) is 12.1 Å². The van der Waals surface area contributed by atoms with E-state index in [2.05, 4.69) is 15.2 Å². The lowest BCUT2D eigenvalue weighted by atomic mass is 10.2. The van der Waals surface area contributed by atoms with Gasteiger partial charge in [0.1, 0.15) is 12.4 Å². The first kappa shape index (κ1) is 17.5. The van der Waals surface area contributed by atoms with E-state index in [4.69, 9.17) is 4.74 Å². The third-order valence-electron chi connectivity index (χ3n) is 3.46. The van der Waals surface area contributed by atoms with Crippen LogP contribution in [0.15, 0.2) is 36.2 Å². The highest BCUT2D eigenvalue weighted by Gasteiger charge is 2.25. The van der Waals surface area contributed by atoms with Gasteiger partial charge in [-0.2, -0.15) is 0 Å².